The van der Waals surface area contributed by atoms with Crippen molar-refractivity contribution in [2.75, 3.05) is 26.7 Å². The van der Waals surface area contributed by atoms with E-state index in [0.29, 0.717) is 22.8 Å². The molecule has 0 bridgehead atoms. The van der Waals surface area contributed by atoms with Crippen LogP contribution in [-0.2, 0) is 0 Å². The Kier molecular flexibility index (Phi) is 6.08. The maximum atomic E-state index is 12.4. The molecule has 1 aliphatic rings. The van der Waals surface area contributed by atoms with Gasteiger partial charge in [0.25, 0.3) is 5.91 Å². The van der Waals surface area contributed by atoms with Crippen LogP contribution < -0.4 is 10.1 Å². The zero-order valence-electron chi connectivity index (χ0n) is 13.1. The molecule has 1 atom stereocenters. The average molecular weight is 371 g/mol. The third-order valence-corrected chi connectivity index (χ3v) is 4.69. The second kappa shape index (κ2) is 7.83. The topological polar surface area (TPSA) is 61.8 Å². The molecule has 1 aromatic rings. The molecular weight excluding hydrogens is 348 g/mol. The molecule has 5 nitrogen and oxygen atoms in total. The number of hydrogen-bond donors (Lipinski definition) is 2. The number of halogens is 1. The lowest BCUT2D eigenvalue weighted by molar-refractivity contribution is 0.0934. The Balaban J connectivity index is 2.05. The van der Waals surface area contributed by atoms with Crippen molar-refractivity contribution in [1.82, 2.24) is 10.2 Å². The molecule has 1 unspecified atom stereocenters. The number of carbonyl (C=O) groups is 1. The van der Waals surface area contributed by atoms with E-state index in [9.17, 15) is 9.90 Å². The molecule has 1 amide bonds. The van der Waals surface area contributed by atoms with E-state index in [4.69, 9.17) is 4.74 Å². The first-order valence-electron chi connectivity index (χ1n) is 7.66. The van der Waals surface area contributed by atoms with E-state index >= 15 is 0 Å². The Morgan fingerprint density at radius 3 is 3.00 bits per heavy atom. The second-order valence-electron chi connectivity index (χ2n) is 5.52. The number of rotatable bonds is 6. The van der Waals surface area contributed by atoms with Gasteiger partial charge in [0.15, 0.2) is 0 Å². The number of phenolic OH excluding ortho intramolecular Hbond substituents is 1. The van der Waals surface area contributed by atoms with Crippen LogP contribution in [0.25, 0.3) is 0 Å². The number of hydrogen-bond acceptors (Lipinski definition) is 4. The first-order valence-corrected chi connectivity index (χ1v) is 8.45. The Hall–Kier alpha value is -1.27. The molecule has 1 fully saturated rings. The van der Waals surface area contributed by atoms with E-state index in [2.05, 4.69) is 33.1 Å². The smallest absolute Gasteiger partial charge is 0.258 e. The summed E-state index contributed by atoms with van der Waals surface area (Å²) in [4.78, 5) is 14.8. The van der Waals surface area contributed by atoms with Gasteiger partial charge in [0, 0.05) is 12.6 Å². The van der Waals surface area contributed by atoms with E-state index < -0.39 is 0 Å². The van der Waals surface area contributed by atoms with Crippen LogP contribution >= 0.6 is 15.9 Å². The maximum absolute atomic E-state index is 12.4. The third kappa shape index (κ3) is 3.73. The fourth-order valence-corrected chi connectivity index (χ4v) is 3.27. The summed E-state index contributed by atoms with van der Waals surface area (Å²) in [6.07, 6.45) is 3.39. The summed E-state index contributed by atoms with van der Waals surface area (Å²) in [6.45, 7) is 4.91. The fourth-order valence-electron chi connectivity index (χ4n) is 2.94. The summed E-state index contributed by atoms with van der Waals surface area (Å²) in [6, 6.07) is 3.70. The summed E-state index contributed by atoms with van der Waals surface area (Å²) in [5, 5.41) is 13.0. The number of benzene rings is 1. The number of phenols is 1. The fraction of sp³-hybridized carbons (Fsp3) is 0.562. The summed E-state index contributed by atoms with van der Waals surface area (Å²) in [7, 11) is 1.49. The van der Waals surface area contributed by atoms with Crippen LogP contribution in [-0.4, -0.2) is 48.7 Å². The summed E-state index contributed by atoms with van der Waals surface area (Å²) >= 11 is 3.23. The zero-order valence-corrected chi connectivity index (χ0v) is 14.6. The van der Waals surface area contributed by atoms with Gasteiger partial charge in [-0.05, 0) is 60.4 Å². The van der Waals surface area contributed by atoms with Crippen LogP contribution in [0.3, 0.4) is 0 Å². The van der Waals surface area contributed by atoms with Crippen molar-refractivity contribution in [3.8, 4) is 11.5 Å². The Bertz CT molecular complexity index is 536. The van der Waals surface area contributed by atoms with Crippen molar-refractivity contribution >= 4 is 21.8 Å². The standard InChI is InChI=1S/C16H23BrN2O3/c1-3-8-19-9-4-5-11(19)10-18-16(21)14-13(22-2)7-6-12(17)15(14)20/h6-7,11,20H,3-5,8-10H2,1-2H3,(H,18,21). The lowest BCUT2D eigenvalue weighted by Crippen LogP contribution is -2.40. The van der Waals surface area contributed by atoms with Gasteiger partial charge in [-0.2, -0.15) is 0 Å². The van der Waals surface area contributed by atoms with E-state index in [0.717, 1.165) is 25.9 Å². The predicted octanol–water partition coefficient (Wildman–Crippen LogP) is 2.77. The van der Waals surface area contributed by atoms with Gasteiger partial charge in [0.2, 0.25) is 0 Å². The number of ether oxygens (including phenoxy) is 1. The molecule has 0 aromatic heterocycles. The molecule has 0 saturated carbocycles. The van der Waals surface area contributed by atoms with Crippen molar-refractivity contribution in [3.63, 3.8) is 0 Å². The average Bonchev–Trinajstić information content (AvgIpc) is 2.95. The highest BCUT2D eigenvalue weighted by atomic mass is 79.9. The number of amides is 1. The van der Waals surface area contributed by atoms with E-state index in [1.807, 2.05) is 0 Å². The van der Waals surface area contributed by atoms with E-state index in [1.165, 1.54) is 13.5 Å². The van der Waals surface area contributed by atoms with Crippen molar-refractivity contribution in [2.45, 2.75) is 32.2 Å². The van der Waals surface area contributed by atoms with Gasteiger partial charge in [0.1, 0.15) is 17.1 Å². The van der Waals surface area contributed by atoms with Gasteiger partial charge in [0.05, 0.1) is 11.6 Å². The molecule has 0 spiro atoms. The third-order valence-electron chi connectivity index (χ3n) is 4.05. The predicted molar refractivity (Wildman–Crippen MR) is 89.6 cm³/mol. The first-order chi connectivity index (χ1) is 10.6. The molecule has 2 N–H and O–H groups in total. The first kappa shape index (κ1) is 17.1. The maximum Gasteiger partial charge on any atom is 0.258 e. The van der Waals surface area contributed by atoms with Crippen LogP contribution in [0.15, 0.2) is 16.6 Å². The number of aromatic hydroxyl groups is 1. The van der Waals surface area contributed by atoms with Gasteiger partial charge in [-0.25, -0.2) is 0 Å². The molecular formula is C16H23BrN2O3. The molecule has 0 radical (unpaired) electrons. The van der Waals surface area contributed by atoms with Crippen LogP contribution in [0.2, 0.25) is 0 Å². The molecule has 1 saturated heterocycles. The minimum Gasteiger partial charge on any atom is -0.506 e. The largest absolute Gasteiger partial charge is 0.506 e. The molecule has 122 valence electrons. The molecule has 1 aliphatic heterocycles. The van der Waals surface area contributed by atoms with Gasteiger partial charge in [-0.1, -0.05) is 6.92 Å². The Labute approximate surface area is 139 Å². The number of nitrogens with zero attached hydrogens (tertiary/aromatic N) is 1. The van der Waals surface area contributed by atoms with Crippen LogP contribution in [0.1, 0.15) is 36.5 Å². The number of methoxy groups -OCH3 is 1. The van der Waals surface area contributed by atoms with Crippen molar-refractivity contribution in [3.05, 3.63) is 22.2 Å². The highest BCUT2D eigenvalue weighted by Crippen LogP contribution is 2.34. The Morgan fingerprint density at radius 1 is 1.55 bits per heavy atom. The quantitative estimate of drug-likeness (QED) is 0.807. The summed E-state index contributed by atoms with van der Waals surface area (Å²) in [5.41, 5.74) is 0.178. The van der Waals surface area contributed by atoms with Gasteiger partial charge in [-0.15, -0.1) is 0 Å². The monoisotopic (exact) mass is 370 g/mol. The molecule has 1 heterocycles. The second-order valence-corrected chi connectivity index (χ2v) is 6.37. The Morgan fingerprint density at radius 2 is 2.32 bits per heavy atom. The van der Waals surface area contributed by atoms with Crippen LogP contribution in [0.4, 0.5) is 0 Å². The van der Waals surface area contributed by atoms with Crippen LogP contribution in [0, 0.1) is 0 Å². The highest BCUT2D eigenvalue weighted by molar-refractivity contribution is 9.10. The number of carbonyl (C=O) groups excluding carboxylic acids is 1. The van der Waals surface area contributed by atoms with Crippen molar-refractivity contribution in [2.24, 2.45) is 0 Å². The molecule has 22 heavy (non-hydrogen) atoms. The van der Waals surface area contributed by atoms with Gasteiger partial charge < -0.3 is 15.2 Å². The van der Waals surface area contributed by atoms with Crippen molar-refractivity contribution < 1.29 is 14.6 Å². The number of nitrogens with one attached hydrogen (secondary N) is 1. The zero-order chi connectivity index (χ0) is 16.1. The molecule has 6 heteroatoms. The highest BCUT2D eigenvalue weighted by Gasteiger charge is 2.25. The number of likely N-dealkylation sites (tertiary alicyclic amines) is 1. The van der Waals surface area contributed by atoms with Crippen LogP contribution in [0.5, 0.6) is 11.5 Å². The lowest BCUT2D eigenvalue weighted by Gasteiger charge is -2.24. The molecule has 2 rings (SSSR count). The molecule has 1 aromatic carbocycles. The normalized spacial score (nSPS) is 18.4. The lowest BCUT2D eigenvalue weighted by atomic mass is 10.1. The van der Waals surface area contributed by atoms with E-state index in [1.54, 1.807) is 12.1 Å². The molecule has 0 aliphatic carbocycles. The minimum absolute atomic E-state index is 0.0892. The summed E-state index contributed by atoms with van der Waals surface area (Å²) < 4.78 is 5.66. The van der Waals surface area contributed by atoms with Gasteiger partial charge in [-0.3, -0.25) is 9.69 Å². The van der Waals surface area contributed by atoms with Gasteiger partial charge >= 0.3 is 0 Å². The summed E-state index contributed by atoms with van der Waals surface area (Å²) in [5.74, 6) is -0.0253. The van der Waals surface area contributed by atoms with Crippen molar-refractivity contribution in [1.29, 1.82) is 0 Å². The minimum atomic E-state index is -0.306. The van der Waals surface area contributed by atoms with E-state index in [-0.39, 0.29) is 17.2 Å². The SMILES string of the molecule is CCCN1CCCC1CNC(=O)c1c(OC)ccc(Br)c1O.